The number of rotatable bonds is 6. The number of thioether (sulfide) groups is 1. The van der Waals surface area contributed by atoms with E-state index < -0.39 is 10.0 Å². The molecule has 1 saturated heterocycles. The number of halogens is 1. The second-order valence-corrected chi connectivity index (χ2v) is 10.2. The first-order valence-electron chi connectivity index (χ1n) is 9.20. The normalized spacial score (nSPS) is 17.3. The monoisotopic (exact) mass is 445 g/mol. The van der Waals surface area contributed by atoms with Crippen LogP contribution in [0.25, 0.3) is 0 Å². The number of benzene rings is 3. The third-order valence-corrected chi connectivity index (χ3v) is 8.21. The van der Waals surface area contributed by atoms with Crippen LogP contribution < -0.4 is 4.74 Å². The summed E-state index contributed by atoms with van der Waals surface area (Å²) in [4.78, 5) is 0.261. The van der Waals surface area contributed by atoms with E-state index in [-0.39, 0.29) is 10.3 Å². The molecule has 4 rings (SSSR count). The van der Waals surface area contributed by atoms with E-state index in [0.29, 0.717) is 18.2 Å². The largest absolute Gasteiger partial charge is 0.489 e. The second-order valence-electron chi connectivity index (χ2n) is 6.64. The molecule has 7 heteroatoms. The predicted octanol–water partition coefficient (Wildman–Crippen LogP) is 5.36. The topological polar surface area (TPSA) is 46.6 Å². The Morgan fingerprint density at radius 1 is 0.966 bits per heavy atom. The molecule has 0 aliphatic carbocycles. The summed E-state index contributed by atoms with van der Waals surface area (Å²) < 4.78 is 33.6. The van der Waals surface area contributed by atoms with E-state index in [4.69, 9.17) is 16.3 Å². The lowest BCUT2D eigenvalue weighted by molar-refractivity contribution is 0.306. The quantitative estimate of drug-likeness (QED) is 0.512. The molecule has 150 valence electrons. The van der Waals surface area contributed by atoms with Crippen molar-refractivity contribution in [1.82, 2.24) is 4.31 Å². The zero-order valence-electron chi connectivity index (χ0n) is 15.6. The third-order valence-electron chi connectivity index (χ3n) is 4.68. The summed E-state index contributed by atoms with van der Waals surface area (Å²) in [6, 6.07) is 23.9. The van der Waals surface area contributed by atoms with Gasteiger partial charge in [0.05, 0.1) is 10.3 Å². The highest BCUT2D eigenvalue weighted by Gasteiger charge is 2.36. The molecule has 1 aliphatic rings. The second kappa shape index (κ2) is 8.79. The lowest BCUT2D eigenvalue weighted by Gasteiger charge is -2.23. The molecule has 3 aromatic carbocycles. The molecule has 1 aliphatic heterocycles. The number of sulfonamides is 1. The fraction of sp³-hybridized carbons (Fsp3) is 0.182. The molecule has 1 atom stereocenters. The average molecular weight is 446 g/mol. The fourth-order valence-corrected chi connectivity index (χ4v) is 6.54. The van der Waals surface area contributed by atoms with Crippen molar-refractivity contribution in [1.29, 1.82) is 0 Å². The Morgan fingerprint density at radius 3 is 2.34 bits per heavy atom. The standard InChI is InChI=1S/C22H20ClNO3S2/c23-19-8-12-21(13-9-19)29(25,26)24-14-15-28-22(24)18-6-10-20(11-7-18)27-16-17-4-2-1-3-5-17/h1-13,22H,14-16H2. The van der Waals surface area contributed by atoms with Gasteiger partial charge in [0.1, 0.15) is 12.4 Å². The summed E-state index contributed by atoms with van der Waals surface area (Å²) in [6.07, 6.45) is 0. The molecule has 1 fully saturated rings. The van der Waals surface area contributed by atoms with Crippen LogP contribution in [0.5, 0.6) is 5.75 Å². The highest BCUT2D eigenvalue weighted by atomic mass is 35.5. The molecule has 0 bridgehead atoms. The van der Waals surface area contributed by atoms with E-state index in [1.807, 2.05) is 54.6 Å². The summed E-state index contributed by atoms with van der Waals surface area (Å²) in [5, 5.41) is 0.265. The van der Waals surface area contributed by atoms with Crippen LogP contribution in [0.3, 0.4) is 0 Å². The first-order valence-corrected chi connectivity index (χ1v) is 12.1. The van der Waals surface area contributed by atoms with Crippen LogP contribution in [0, 0.1) is 0 Å². The van der Waals surface area contributed by atoms with Crippen molar-refractivity contribution in [3.63, 3.8) is 0 Å². The van der Waals surface area contributed by atoms with Crippen LogP contribution in [0.15, 0.2) is 83.8 Å². The molecular formula is C22H20ClNO3S2. The first kappa shape index (κ1) is 20.3. The molecule has 0 amide bonds. The van der Waals surface area contributed by atoms with Crippen molar-refractivity contribution in [3.05, 3.63) is 95.0 Å². The molecule has 0 N–H and O–H groups in total. The van der Waals surface area contributed by atoms with Gasteiger partial charge in [-0.1, -0.05) is 54.1 Å². The van der Waals surface area contributed by atoms with E-state index >= 15 is 0 Å². The van der Waals surface area contributed by atoms with Gasteiger partial charge in [-0.2, -0.15) is 4.31 Å². The number of nitrogens with zero attached hydrogens (tertiary/aromatic N) is 1. The highest BCUT2D eigenvalue weighted by molar-refractivity contribution is 8.01. The maximum Gasteiger partial charge on any atom is 0.244 e. The minimum absolute atomic E-state index is 0.251. The Hall–Kier alpha value is -1.99. The van der Waals surface area contributed by atoms with Crippen molar-refractivity contribution >= 4 is 33.4 Å². The highest BCUT2D eigenvalue weighted by Crippen LogP contribution is 2.41. The van der Waals surface area contributed by atoms with Crippen LogP contribution in [0.1, 0.15) is 16.5 Å². The maximum atomic E-state index is 13.1. The van der Waals surface area contributed by atoms with Crippen LogP contribution in [-0.4, -0.2) is 25.0 Å². The molecule has 29 heavy (non-hydrogen) atoms. The molecule has 1 heterocycles. The Kier molecular flexibility index (Phi) is 6.15. The molecule has 1 unspecified atom stereocenters. The summed E-state index contributed by atoms with van der Waals surface area (Å²) in [7, 11) is -3.59. The summed E-state index contributed by atoms with van der Waals surface area (Å²) in [6.45, 7) is 0.974. The van der Waals surface area contributed by atoms with Crippen LogP contribution in [0.2, 0.25) is 5.02 Å². The zero-order chi connectivity index (χ0) is 20.3. The van der Waals surface area contributed by atoms with Gasteiger partial charge >= 0.3 is 0 Å². The van der Waals surface area contributed by atoms with Gasteiger partial charge in [-0.3, -0.25) is 0 Å². The smallest absolute Gasteiger partial charge is 0.244 e. The molecule has 0 saturated carbocycles. The maximum absolute atomic E-state index is 13.1. The lowest BCUT2D eigenvalue weighted by Crippen LogP contribution is -2.30. The minimum atomic E-state index is -3.59. The van der Waals surface area contributed by atoms with Gasteiger partial charge in [0.15, 0.2) is 0 Å². The Labute approximate surface area is 180 Å². The van der Waals surface area contributed by atoms with Crippen molar-refractivity contribution in [3.8, 4) is 5.75 Å². The molecule has 4 nitrogen and oxygen atoms in total. The molecule has 3 aromatic rings. The minimum Gasteiger partial charge on any atom is -0.489 e. The Balaban J connectivity index is 1.49. The van der Waals surface area contributed by atoms with Crippen LogP contribution in [0.4, 0.5) is 0 Å². The van der Waals surface area contributed by atoms with E-state index in [2.05, 4.69) is 0 Å². The molecule has 0 aromatic heterocycles. The third kappa shape index (κ3) is 4.61. The van der Waals surface area contributed by atoms with E-state index in [9.17, 15) is 8.42 Å². The van der Waals surface area contributed by atoms with Gasteiger partial charge in [0.2, 0.25) is 10.0 Å². The Morgan fingerprint density at radius 2 is 1.66 bits per heavy atom. The van der Waals surface area contributed by atoms with Gasteiger partial charge in [0, 0.05) is 17.3 Å². The van der Waals surface area contributed by atoms with Gasteiger partial charge in [0.25, 0.3) is 0 Å². The van der Waals surface area contributed by atoms with Crippen molar-refractivity contribution < 1.29 is 13.2 Å². The first-order chi connectivity index (χ1) is 14.0. The number of ether oxygens (including phenoxy) is 1. The van der Waals surface area contributed by atoms with Gasteiger partial charge < -0.3 is 4.74 Å². The Bertz CT molecular complexity index is 1060. The summed E-state index contributed by atoms with van der Waals surface area (Å²) >= 11 is 7.53. The molecule has 0 radical (unpaired) electrons. The SMILES string of the molecule is O=S(=O)(c1ccc(Cl)cc1)N1CCSC1c1ccc(OCc2ccccc2)cc1. The van der Waals surface area contributed by atoms with E-state index in [1.54, 1.807) is 40.3 Å². The predicted molar refractivity (Wildman–Crippen MR) is 118 cm³/mol. The van der Waals surface area contributed by atoms with Gasteiger partial charge in [-0.05, 0) is 47.5 Å². The van der Waals surface area contributed by atoms with Crippen LogP contribution in [-0.2, 0) is 16.6 Å². The number of hydrogen-bond acceptors (Lipinski definition) is 4. The summed E-state index contributed by atoms with van der Waals surface area (Å²) in [5.74, 6) is 1.51. The van der Waals surface area contributed by atoms with E-state index in [1.165, 1.54) is 0 Å². The van der Waals surface area contributed by atoms with E-state index in [0.717, 1.165) is 22.6 Å². The van der Waals surface area contributed by atoms with Crippen molar-refractivity contribution in [2.24, 2.45) is 0 Å². The van der Waals surface area contributed by atoms with Gasteiger partial charge in [-0.25, -0.2) is 8.42 Å². The lowest BCUT2D eigenvalue weighted by atomic mass is 10.2. The summed E-state index contributed by atoms with van der Waals surface area (Å²) in [5.41, 5.74) is 2.04. The zero-order valence-corrected chi connectivity index (χ0v) is 18.0. The fourth-order valence-electron chi connectivity index (χ4n) is 3.17. The van der Waals surface area contributed by atoms with Gasteiger partial charge in [-0.15, -0.1) is 11.8 Å². The average Bonchev–Trinajstić information content (AvgIpc) is 3.25. The van der Waals surface area contributed by atoms with Crippen molar-refractivity contribution in [2.45, 2.75) is 16.9 Å². The van der Waals surface area contributed by atoms with Crippen LogP contribution >= 0.6 is 23.4 Å². The van der Waals surface area contributed by atoms with Crippen molar-refractivity contribution in [2.75, 3.05) is 12.3 Å². The molecular weight excluding hydrogens is 426 g/mol. The molecule has 0 spiro atoms. The number of hydrogen-bond donors (Lipinski definition) is 0.